The fourth-order valence-electron chi connectivity index (χ4n) is 1.29. The van der Waals surface area contributed by atoms with E-state index in [0.717, 1.165) is 12.1 Å². The molecule has 1 aromatic rings. The summed E-state index contributed by atoms with van der Waals surface area (Å²) in [6.45, 7) is 0. The van der Waals surface area contributed by atoms with E-state index in [0.29, 0.717) is 6.29 Å². The Hall–Kier alpha value is -1.69. The lowest BCUT2D eigenvalue weighted by Gasteiger charge is -2.16. The van der Waals surface area contributed by atoms with E-state index in [1.807, 2.05) is 0 Å². The second-order valence-corrected chi connectivity index (χ2v) is 3.49. The number of hydrogen-bond donors (Lipinski definition) is 1. The second kappa shape index (κ2) is 5.58. The van der Waals surface area contributed by atoms with E-state index in [1.54, 1.807) is 0 Å². The molecule has 0 bridgehead atoms. The van der Waals surface area contributed by atoms with E-state index in [1.165, 1.54) is 0 Å². The highest BCUT2D eigenvalue weighted by atomic mass is 35.5. The Morgan fingerprint density at radius 2 is 2.18 bits per heavy atom. The first-order valence-electron chi connectivity index (χ1n) is 4.50. The van der Waals surface area contributed by atoms with Crippen molar-refractivity contribution < 1.29 is 23.1 Å². The van der Waals surface area contributed by atoms with Gasteiger partial charge in [0.2, 0.25) is 0 Å². The minimum absolute atomic E-state index is 0.342. The molecule has 92 valence electrons. The van der Waals surface area contributed by atoms with E-state index in [2.05, 4.69) is 4.74 Å². The van der Waals surface area contributed by atoms with Gasteiger partial charge in [-0.05, 0) is 12.1 Å². The van der Waals surface area contributed by atoms with Crippen molar-refractivity contribution in [1.82, 2.24) is 0 Å². The number of aldehydes is 1. The predicted molar refractivity (Wildman–Crippen MR) is 55.5 cm³/mol. The number of carbonyl (C=O) groups is 2. The molecule has 0 aliphatic rings. The van der Waals surface area contributed by atoms with Gasteiger partial charge in [-0.2, -0.15) is 0 Å². The Morgan fingerprint density at radius 3 is 2.71 bits per heavy atom. The molecule has 1 aromatic carbocycles. The number of halogens is 3. The molecule has 7 heteroatoms. The lowest BCUT2D eigenvalue weighted by Crippen LogP contribution is -2.19. The van der Waals surface area contributed by atoms with Crippen LogP contribution in [0.25, 0.3) is 0 Å². The largest absolute Gasteiger partial charge is 0.441 e. The lowest BCUT2D eigenvalue weighted by molar-refractivity contribution is -0.109. The summed E-state index contributed by atoms with van der Waals surface area (Å²) in [7, 11) is 0. The Labute approximate surface area is 100 Å². The minimum Gasteiger partial charge on any atom is -0.441 e. The summed E-state index contributed by atoms with van der Waals surface area (Å²) in [5, 5.41) is -0.342. The van der Waals surface area contributed by atoms with E-state index < -0.39 is 35.8 Å². The third-order valence-electron chi connectivity index (χ3n) is 1.97. The van der Waals surface area contributed by atoms with Crippen molar-refractivity contribution in [3.8, 4) is 0 Å². The Balaban J connectivity index is 3.21. The van der Waals surface area contributed by atoms with Gasteiger partial charge in [0.1, 0.15) is 18.2 Å². The van der Waals surface area contributed by atoms with E-state index >= 15 is 0 Å². The van der Waals surface area contributed by atoms with Gasteiger partial charge in [-0.15, -0.1) is 0 Å². The number of ether oxygens (including phenoxy) is 1. The first-order valence-corrected chi connectivity index (χ1v) is 4.88. The zero-order valence-electron chi connectivity index (χ0n) is 8.45. The summed E-state index contributed by atoms with van der Waals surface area (Å²) < 4.78 is 31.4. The van der Waals surface area contributed by atoms with Gasteiger partial charge >= 0.3 is 6.09 Å². The average molecular weight is 264 g/mol. The van der Waals surface area contributed by atoms with Crippen LogP contribution in [0.15, 0.2) is 12.1 Å². The summed E-state index contributed by atoms with van der Waals surface area (Å²) in [5.74, 6) is -2.06. The molecular formula is C10H8ClF2NO3. The minimum atomic E-state index is -1.43. The number of hydrogen-bond acceptors (Lipinski definition) is 3. The summed E-state index contributed by atoms with van der Waals surface area (Å²) in [4.78, 5) is 20.9. The monoisotopic (exact) mass is 263 g/mol. The summed E-state index contributed by atoms with van der Waals surface area (Å²) >= 11 is 5.46. The van der Waals surface area contributed by atoms with Crippen LogP contribution in [-0.4, -0.2) is 12.4 Å². The van der Waals surface area contributed by atoms with Crippen LogP contribution in [0.1, 0.15) is 18.1 Å². The fourth-order valence-corrected chi connectivity index (χ4v) is 1.46. The highest BCUT2D eigenvalue weighted by Gasteiger charge is 2.24. The van der Waals surface area contributed by atoms with Crippen molar-refractivity contribution in [1.29, 1.82) is 0 Å². The van der Waals surface area contributed by atoms with Crippen molar-refractivity contribution in [2.45, 2.75) is 12.5 Å². The van der Waals surface area contributed by atoms with E-state index in [-0.39, 0.29) is 5.02 Å². The molecule has 0 saturated heterocycles. The molecule has 0 heterocycles. The first-order chi connectivity index (χ1) is 7.97. The predicted octanol–water partition coefficient (Wildman–Crippen LogP) is 2.34. The first kappa shape index (κ1) is 13.4. The van der Waals surface area contributed by atoms with Gasteiger partial charge in [-0.25, -0.2) is 13.6 Å². The van der Waals surface area contributed by atoms with Crippen LogP contribution < -0.4 is 5.73 Å². The second-order valence-electron chi connectivity index (χ2n) is 3.08. The SMILES string of the molecule is NC(=O)OC(CC=O)c1c(F)ccc(Cl)c1F. The zero-order valence-corrected chi connectivity index (χ0v) is 9.21. The molecule has 2 N–H and O–H groups in total. The molecule has 0 radical (unpaired) electrons. The molecular weight excluding hydrogens is 256 g/mol. The van der Waals surface area contributed by atoms with Crippen LogP contribution in [0.3, 0.4) is 0 Å². The molecule has 1 atom stereocenters. The van der Waals surface area contributed by atoms with E-state index in [9.17, 15) is 18.4 Å². The maximum atomic E-state index is 13.6. The highest BCUT2D eigenvalue weighted by Crippen LogP contribution is 2.30. The molecule has 0 spiro atoms. The number of benzene rings is 1. The average Bonchev–Trinajstić information content (AvgIpc) is 2.23. The van der Waals surface area contributed by atoms with Crippen LogP contribution in [0, 0.1) is 11.6 Å². The van der Waals surface area contributed by atoms with Crippen molar-refractivity contribution in [2.24, 2.45) is 5.73 Å². The molecule has 4 nitrogen and oxygen atoms in total. The quantitative estimate of drug-likeness (QED) is 0.670. The molecule has 0 aromatic heterocycles. The van der Waals surface area contributed by atoms with Gasteiger partial charge in [0.25, 0.3) is 0 Å². The number of amides is 1. The van der Waals surface area contributed by atoms with Gasteiger partial charge in [-0.1, -0.05) is 11.6 Å². The molecule has 1 amide bonds. The van der Waals surface area contributed by atoms with Crippen molar-refractivity contribution >= 4 is 24.0 Å². The smallest absolute Gasteiger partial charge is 0.405 e. The topological polar surface area (TPSA) is 69.4 Å². The Morgan fingerprint density at radius 1 is 1.53 bits per heavy atom. The maximum Gasteiger partial charge on any atom is 0.405 e. The van der Waals surface area contributed by atoms with Gasteiger partial charge in [0.15, 0.2) is 5.82 Å². The summed E-state index contributed by atoms with van der Waals surface area (Å²) in [6.07, 6.45) is -2.73. The van der Waals surface area contributed by atoms with Gasteiger partial charge in [-0.3, -0.25) is 0 Å². The standard InChI is InChI=1S/C10H8ClF2NO3/c11-5-1-2-6(12)8(9(5)13)7(3-4-15)17-10(14)16/h1-2,4,7H,3H2,(H2,14,16). The third-order valence-corrected chi connectivity index (χ3v) is 2.26. The molecule has 17 heavy (non-hydrogen) atoms. The van der Waals surface area contributed by atoms with Crippen LogP contribution in [-0.2, 0) is 9.53 Å². The molecule has 0 aliphatic carbocycles. The normalized spacial score (nSPS) is 11.9. The summed E-state index contributed by atoms with van der Waals surface area (Å²) in [6, 6.07) is 1.92. The molecule has 1 rings (SSSR count). The Bertz CT molecular complexity index is 453. The van der Waals surface area contributed by atoms with Crippen LogP contribution in [0.5, 0.6) is 0 Å². The maximum absolute atomic E-state index is 13.6. The highest BCUT2D eigenvalue weighted by molar-refractivity contribution is 6.30. The van der Waals surface area contributed by atoms with Gasteiger partial charge in [0, 0.05) is 6.42 Å². The molecule has 0 saturated carbocycles. The molecule has 1 unspecified atom stereocenters. The third kappa shape index (κ3) is 3.13. The van der Waals surface area contributed by atoms with Crippen molar-refractivity contribution in [3.63, 3.8) is 0 Å². The number of primary amides is 1. The van der Waals surface area contributed by atoms with Crippen molar-refractivity contribution in [2.75, 3.05) is 0 Å². The molecule has 0 fully saturated rings. The Kier molecular flexibility index (Phi) is 4.39. The lowest BCUT2D eigenvalue weighted by atomic mass is 10.1. The number of nitrogens with two attached hydrogens (primary N) is 1. The number of carbonyl (C=O) groups excluding carboxylic acids is 2. The van der Waals surface area contributed by atoms with Crippen LogP contribution >= 0.6 is 11.6 Å². The van der Waals surface area contributed by atoms with Crippen LogP contribution in [0.4, 0.5) is 13.6 Å². The number of rotatable bonds is 4. The van der Waals surface area contributed by atoms with E-state index in [4.69, 9.17) is 17.3 Å². The van der Waals surface area contributed by atoms with Crippen molar-refractivity contribution in [3.05, 3.63) is 34.4 Å². The van der Waals surface area contributed by atoms with Gasteiger partial charge < -0.3 is 15.3 Å². The van der Waals surface area contributed by atoms with Crippen LogP contribution in [0.2, 0.25) is 5.02 Å². The summed E-state index contributed by atoms with van der Waals surface area (Å²) in [5.41, 5.74) is 4.15. The zero-order chi connectivity index (χ0) is 13.0. The molecule has 0 aliphatic heterocycles. The fraction of sp³-hybridized carbons (Fsp3) is 0.200. The van der Waals surface area contributed by atoms with Gasteiger partial charge in [0.05, 0.1) is 10.6 Å².